The molecule has 1 N–H and O–H groups in total. The number of amides is 3. The molecule has 1 aliphatic rings. The second-order valence-corrected chi connectivity index (χ2v) is 4.07. The third-order valence-electron chi connectivity index (χ3n) is 2.42. The lowest BCUT2D eigenvalue weighted by atomic mass is 10.2. The molecule has 19 heavy (non-hydrogen) atoms. The molecular formula is C11H14N2O6. The Hall–Kier alpha value is -2.25. The van der Waals surface area contributed by atoms with E-state index in [-0.39, 0.29) is 31.5 Å². The van der Waals surface area contributed by atoms with Crippen LogP contribution in [0.4, 0.5) is 0 Å². The SMILES string of the molecule is CC(=O)CCC(=O)NOC(=O)CN1C(=O)CCC1=O. The van der Waals surface area contributed by atoms with E-state index in [0.717, 1.165) is 4.90 Å². The molecule has 0 aromatic heterocycles. The van der Waals surface area contributed by atoms with Gasteiger partial charge in [-0.15, -0.1) is 0 Å². The molecule has 3 amide bonds. The minimum Gasteiger partial charge on any atom is -0.339 e. The normalized spacial score (nSPS) is 14.5. The Kier molecular flexibility index (Phi) is 5.16. The zero-order valence-electron chi connectivity index (χ0n) is 10.4. The highest BCUT2D eigenvalue weighted by atomic mass is 16.7. The maximum absolute atomic E-state index is 11.3. The topological polar surface area (TPSA) is 110 Å². The second kappa shape index (κ2) is 6.62. The molecule has 0 radical (unpaired) electrons. The maximum Gasteiger partial charge on any atom is 0.351 e. The van der Waals surface area contributed by atoms with Gasteiger partial charge in [-0.1, -0.05) is 0 Å². The van der Waals surface area contributed by atoms with Crippen molar-refractivity contribution in [1.82, 2.24) is 10.4 Å². The number of Topliss-reactive ketones (excluding diaryl/α,β-unsaturated/α-hetero) is 1. The standard InChI is InChI=1S/C11H14N2O6/c1-7(14)2-3-8(15)12-19-11(18)6-13-9(16)4-5-10(13)17/h2-6H2,1H3,(H,12,15). The highest BCUT2D eigenvalue weighted by Gasteiger charge is 2.31. The van der Waals surface area contributed by atoms with Gasteiger partial charge in [-0.25, -0.2) is 4.79 Å². The molecule has 1 saturated heterocycles. The van der Waals surface area contributed by atoms with Crippen LogP contribution in [-0.4, -0.2) is 40.9 Å². The van der Waals surface area contributed by atoms with E-state index in [2.05, 4.69) is 4.84 Å². The third-order valence-corrected chi connectivity index (χ3v) is 2.42. The Morgan fingerprint density at radius 3 is 2.26 bits per heavy atom. The van der Waals surface area contributed by atoms with Crippen LogP contribution in [-0.2, 0) is 28.8 Å². The molecule has 0 bridgehead atoms. The van der Waals surface area contributed by atoms with Crippen LogP contribution in [0.3, 0.4) is 0 Å². The van der Waals surface area contributed by atoms with Crippen LogP contribution >= 0.6 is 0 Å². The van der Waals surface area contributed by atoms with E-state index in [9.17, 15) is 24.0 Å². The van der Waals surface area contributed by atoms with Crippen molar-refractivity contribution in [2.75, 3.05) is 6.54 Å². The van der Waals surface area contributed by atoms with Crippen molar-refractivity contribution in [1.29, 1.82) is 0 Å². The number of carbonyl (C=O) groups excluding carboxylic acids is 5. The number of hydroxylamine groups is 1. The van der Waals surface area contributed by atoms with Crippen molar-refractivity contribution in [2.24, 2.45) is 0 Å². The van der Waals surface area contributed by atoms with Crippen molar-refractivity contribution < 1.29 is 28.8 Å². The van der Waals surface area contributed by atoms with E-state index in [1.54, 1.807) is 0 Å². The summed E-state index contributed by atoms with van der Waals surface area (Å²) in [6.45, 7) is 0.814. The van der Waals surface area contributed by atoms with Crippen molar-refractivity contribution in [2.45, 2.75) is 32.6 Å². The van der Waals surface area contributed by atoms with Crippen LogP contribution in [0, 0.1) is 0 Å². The zero-order valence-corrected chi connectivity index (χ0v) is 10.4. The molecule has 8 nitrogen and oxygen atoms in total. The number of imide groups is 1. The van der Waals surface area contributed by atoms with E-state index >= 15 is 0 Å². The molecule has 0 aromatic rings. The lowest BCUT2D eigenvalue weighted by Gasteiger charge is -2.12. The summed E-state index contributed by atoms with van der Waals surface area (Å²) in [5.74, 6) is -2.58. The zero-order chi connectivity index (χ0) is 14.4. The molecule has 1 heterocycles. The Morgan fingerprint density at radius 2 is 1.74 bits per heavy atom. The number of likely N-dealkylation sites (tertiary alicyclic amines) is 1. The number of rotatable bonds is 5. The van der Waals surface area contributed by atoms with Gasteiger partial charge in [-0.05, 0) is 6.92 Å². The predicted octanol–water partition coefficient (Wildman–Crippen LogP) is -0.921. The van der Waals surface area contributed by atoms with Crippen molar-refractivity contribution in [3.05, 3.63) is 0 Å². The molecule has 0 aromatic carbocycles. The Bertz CT molecular complexity index is 415. The first-order chi connectivity index (χ1) is 8.90. The fourth-order valence-electron chi connectivity index (χ4n) is 1.42. The number of ketones is 1. The van der Waals surface area contributed by atoms with Gasteiger partial charge in [0.2, 0.25) is 11.8 Å². The Labute approximate surface area is 109 Å². The van der Waals surface area contributed by atoms with Crippen LogP contribution in [0.1, 0.15) is 32.6 Å². The quantitative estimate of drug-likeness (QED) is 0.511. The van der Waals surface area contributed by atoms with E-state index in [1.807, 2.05) is 5.48 Å². The highest BCUT2D eigenvalue weighted by molar-refractivity contribution is 6.04. The third kappa shape index (κ3) is 4.86. The average molecular weight is 270 g/mol. The molecule has 104 valence electrons. The molecule has 0 aliphatic carbocycles. The van der Waals surface area contributed by atoms with Crippen LogP contribution in [0.2, 0.25) is 0 Å². The minimum atomic E-state index is -0.917. The van der Waals surface area contributed by atoms with E-state index in [4.69, 9.17) is 0 Å². The summed E-state index contributed by atoms with van der Waals surface area (Å²) < 4.78 is 0. The van der Waals surface area contributed by atoms with E-state index < -0.39 is 30.2 Å². The van der Waals surface area contributed by atoms with Crippen LogP contribution in [0.5, 0.6) is 0 Å². The fraction of sp³-hybridized carbons (Fsp3) is 0.545. The van der Waals surface area contributed by atoms with Crippen molar-refractivity contribution in [3.8, 4) is 0 Å². The van der Waals surface area contributed by atoms with E-state index in [0.29, 0.717) is 0 Å². The molecule has 1 fully saturated rings. The first kappa shape index (κ1) is 14.8. The molecule has 0 unspecified atom stereocenters. The lowest BCUT2D eigenvalue weighted by molar-refractivity contribution is -0.162. The summed E-state index contributed by atoms with van der Waals surface area (Å²) >= 11 is 0. The number of hydrogen-bond donors (Lipinski definition) is 1. The number of nitrogens with zero attached hydrogens (tertiary/aromatic N) is 1. The van der Waals surface area contributed by atoms with Gasteiger partial charge in [-0.3, -0.25) is 19.3 Å². The van der Waals surface area contributed by atoms with Gasteiger partial charge in [-0.2, -0.15) is 5.48 Å². The lowest BCUT2D eigenvalue weighted by Crippen LogP contribution is -2.38. The van der Waals surface area contributed by atoms with Gasteiger partial charge >= 0.3 is 5.97 Å². The molecule has 0 spiro atoms. The molecular weight excluding hydrogens is 256 g/mol. The Balaban J connectivity index is 2.28. The minimum absolute atomic E-state index is 0.0481. The number of hydrogen-bond acceptors (Lipinski definition) is 6. The smallest absolute Gasteiger partial charge is 0.339 e. The van der Waals surface area contributed by atoms with Crippen molar-refractivity contribution >= 4 is 29.5 Å². The van der Waals surface area contributed by atoms with Gasteiger partial charge in [0.1, 0.15) is 12.3 Å². The molecule has 1 rings (SSSR count). The molecule has 8 heteroatoms. The monoisotopic (exact) mass is 270 g/mol. The number of carbonyl (C=O) groups is 5. The predicted molar refractivity (Wildman–Crippen MR) is 60.1 cm³/mol. The first-order valence-electron chi connectivity index (χ1n) is 5.71. The number of nitrogens with one attached hydrogen (secondary N) is 1. The second-order valence-electron chi connectivity index (χ2n) is 4.07. The summed E-state index contributed by atoms with van der Waals surface area (Å²) in [5, 5.41) is 0. The van der Waals surface area contributed by atoms with Gasteiger partial charge in [0.25, 0.3) is 5.91 Å². The molecule has 0 atom stereocenters. The first-order valence-corrected chi connectivity index (χ1v) is 5.71. The average Bonchev–Trinajstić information content (AvgIpc) is 2.65. The molecule has 1 aliphatic heterocycles. The summed E-state index contributed by atoms with van der Waals surface area (Å²) in [4.78, 5) is 60.6. The van der Waals surface area contributed by atoms with Gasteiger partial charge in [0.05, 0.1) is 0 Å². The van der Waals surface area contributed by atoms with Gasteiger partial charge < -0.3 is 9.63 Å². The summed E-state index contributed by atoms with van der Waals surface area (Å²) in [6, 6.07) is 0. The highest BCUT2D eigenvalue weighted by Crippen LogP contribution is 2.10. The van der Waals surface area contributed by atoms with E-state index in [1.165, 1.54) is 6.92 Å². The largest absolute Gasteiger partial charge is 0.351 e. The van der Waals surface area contributed by atoms with Gasteiger partial charge in [0, 0.05) is 25.7 Å². The summed E-state index contributed by atoms with van der Waals surface area (Å²) in [5.41, 5.74) is 1.85. The Morgan fingerprint density at radius 1 is 1.16 bits per heavy atom. The van der Waals surface area contributed by atoms with Crippen molar-refractivity contribution in [3.63, 3.8) is 0 Å². The van der Waals surface area contributed by atoms with Gasteiger partial charge in [0.15, 0.2) is 0 Å². The maximum atomic E-state index is 11.3. The van der Waals surface area contributed by atoms with Crippen LogP contribution in [0.15, 0.2) is 0 Å². The summed E-state index contributed by atoms with van der Waals surface area (Å²) in [6.07, 6.45) is 0.116. The molecule has 0 saturated carbocycles. The summed E-state index contributed by atoms with van der Waals surface area (Å²) in [7, 11) is 0. The van der Waals surface area contributed by atoms with Crippen LogP contribution < -0.4 is 5.48 Å². The fourth-order valence-corrected chi connectivity index (χ4v) is 1.42. The van der Waals surface area contributed by atoms with Crippen LogP contribution in [0.25, 0.3) is 0 Å².